The van der Waals surface area contributed by atoms with Crippen molar-refractivity contribution in [2.45, 2.75) is 13.0 Å². The van der Waals surface area contributed by atoms with Crippen molar-refractivity contribution in [2.24, 2.45) is 0 Å². The number of carbonyl (C=O) groups excluding carboxylic acids is 1. The number of amides is 1. The van der Waals surface area contributed by atoms with Gasteiger partial charge in [-0.25, -0.2) is 0 Å². The maximum atomic E-state index is 11.8. The van der Waals surface area contributed by atoms with Crippen LogP contribution in [-0.2, 0) is 4.79 Å². The smallest absolute Gasteiger partial charge is 0.258 e. The number of hydrogen-bond donors (Lipinski definition) is 1. The maximum absolute atomic E-state index is 11.8. The van der Waals surface area contributed by atoms with Crippen molar-refractivity contribution in [3.8, 4) is 11.8 Å². The molecule has 0 spiro atoms. The lowest BCUT2D eigenvalue weighted by atomic mass is 10.1. The molecule has 0 fully saturated rings. The first-order valence-corrected chi connectivity index (χ1v) is 6.51. The van der Waals surface area contributed by atoms with Gasteiger partial charge in [0, 0.05) is 12.4 Å². The molecule has 2 aromatic rings. The molecule has 0 aliphatic rings. The van der Waals surface area contributed by atoms with Gasteiger partial charge >= 0.3 is 0 Å². The van der Waals surface area contributed by atoms with Crippen molar-refractivity contribution >= 4 is 5.91 Å². The Bertz CT molecular complexity index is 633. The zero-order valence-corrected chi connectivity index (χ0v) is 11.6. The summed E-state index contributed by atoms with van der Waals surface area (Å²) in [5.41, 5.74) is 1.54. The molecule has 1 amide bonds. The Labute approximate surface area is 123 Å². The van der Waals surface area contributed by atoms with Crippen LogP contribution in [0.5, 0.6) is 5.75 Å². The lowest BCUT2D eigenvalue weighted by Crippen LogP contribution is -2.31. The van der Waals surface area contributed by atoms with Crippen molar-refractivity contribution in [1.29, 1.82) is 5.26 Å². The quantitative estimate of drug-likeness (QED) is 0.911. The summed E-state index contributed by atoms with van der Waals surface area (Å²) in [6.45, 7) is 1.83. The van der Waals surface area contributed by atoms with E-state index in [9.17, 15) is 4.79 Å². The fourth-order valence-electron chi connectivity index (χ4n) is 1.79. The number of rotatable bonds is 5. The van der Waals surface area contributed by atoms with Gasteiger partial charge in [-0.1, -0.05) is 0 Å². The molecular formula is C16H15N3O2. The van der Waals surface area contributed by atoms with Crippen LogP contribution in [-0.4, -0.2) is 17.5 Å². The molecule has 1 atom stereocenters. The maximum Gasteiger partial charge on any atom is 0.258 e. The minimum absolute atomic E-state index is 0.0681. The van der Waals surface area contributed by atoms with E-state index < -0.39 is 0 Å². The average molecular weight is 281 g/mol. The number of ether oxygens (including phenoxy) is 1. The van der Waals surface area contributed by atoms with Crippen LogP contribution in [0, 0.1) is 11.3 Å². The highest BCUT2D eigenvalue weighted by molar-refractivity contribution is 5.78. The first-order valence-electron chi connectivity index (χ1n) is 6.51. The molecule has 1 unspecified atom stereocenters. The van der Waals surface area contributed by atoms with Gasteiger partial charge < -0.3 is 10.1 Å². The largest absolute Gasteiger partial charge is 0.484 e. The second-order valence-corrected chi connectivity index (χ2v) is 4.49. The molecule has 0 aliphatic heterocycles. The predicted octanol–water partition coefficient (Wildman–Crippen LogP) is 2.21. The summed E-state index contributed by atoms with van der Waals surface area (Å²) in [6, 6.07) is 12.2. The van der Waals surface area contributed by atoms with Gasteiger partial charge in [0.2, 0.25) is 0 Å². The van der Waals surface area contributed by atoms with Gasteiger partial charge in [0.1, 0.15) is 5.75 Å². The van der Waals surface area contributed by atoms with Crippen molar-refractivity contribution in [1.82, 2.24) is 10.3 Å². The Morgan fingerprint density at radius 1 is 1.29 bits per heavy atom. The fourth-order valence-corrected chi connectivity index (χ4v) is 1.79. The number of benzene rings is 1. The standard InChI is InChI=1S/C16H15N3O2/c1-12(14-6-8-18-9-7-14)19-16(20)11-21-15-4-2-13(10-17)3-5-15/h2-9,12H,11H2,1H3,(H,19,20). The minimum Gasteiger partial charge on any atom is -0.484 e. The molecule has 0 bridgehead atoms. The van der Waals surface area contributed by atoms with Crippen molar-refractivity contribution < 1.29 is 9.53 Å². The van der Waals surface area contributed by atoms with Crippen LogP contribution in [0.3, 0.4) is 0 Å². The van der Waals surface area contributed by atoms with Gasteiger partial charge in [0.25, 0.3) is 5.91 Å². The van der Waals surface area contributed by atoms with Crippen molar-refractivity contribution in [3.63, 3.8) is 0 Å². The number of nitriles is 1. The van der Waals surface area contributed by atoms with Crippen LogP contribution >= 0.6 is 0 Å². The summed E-state index contributed by atoms with van der Waals surface area (Å²) >= 11 is 0. The SMILES string of the molecule is CC(NC(=O)COc1ccc(C#N)cc1)c1ccncc1. The highest BCUT2D eigenvalue weighted by atomic mass is 16.5. The molecule has 106 valence electrons. The number of aromatic nitrogens is 1. The molecule has 0 saturated carbocycles. The summed E-state index contributed by atoms with van der Waals surface area (Å²) in [5, 5.41) is 11.5. The molecule has 0 aliphatic carbocycles. The Hall–Kier alpha value is -2.87. The summed E-state index contributed by atoms with van der Waals surface area (Å²) in [5.74, 6) is 0.351. The van der Waals surface area contributed by atoms with Gasteiger partial charge in [-0.15, -0.1) is 0 Å². The minimum atomic E-state index is -0.205. The lowest BCUT2D eigenvalue weighted by Gasteiger charge is -2.14. The van der Waals surface area contributed by atoms with E-state index in [-0.39, 0.29) is 18.6 Å². The Kier molecular flexibility index (Phi) is 4.89. The number of pyridine rings is 1. The van der Waals surface area contributed by atoms with Crippen LogP contribution in [0.15, 0.2) is 48.8 Å². The highest BCUT2D eigenvalue weighted by Gasteiger charge is 2.09. The van der Waals surface area contributed by atoms with E-state index in [1.165, 1.54) is 0 Å². The fraction of sp³-hybridized carbons (Fsp3) is 0.188. The first-order chi connectivity index (χ1) is 10.2. The van der Waals surface area contributed by atoms with Crippen LogP contribution in [0.1, 0.15) is 24.1 Å². The summed E-state index contributed by atoms with van der Waals surface area (Å²) in [4.78, 5) is 15.8. The predicted molar refractivity (Wildman–Crippen MR) is 77.4 cm³/mol. The third-order valence-corrected chi connectivity index (χ3v) is 2.94. The van der Waals surface area contributed by atoms with Crippen LogP contribution in [0.4, 0.5) is 0 Å². The molecule has 1 aromatic carbocycles. The normalized spacial score (nSPS) is 11.2. The second-order valence-electron chi connectivity index (χ2n) is 4.49. The van der Waals surface area contributed by atoms with Crippen LogP contribution in [0.2, 0.25) is 0 Å². The molecule has 1 N–H and O–H groups in total. The zero-order valence-electron chi connectivity index (χ0n) is 11.6. The summed E-state index contributed by atoms with van der Waals surface area (Å²) in [7, 11) is 0. The van der Waals surface area contributed by atoms with E-state index >= 15 is 0 Å². The molecule has 21 heavy (non-hydrogen) atoms. The molecule has 5 nitrogen and oxygen atoms in total. The number of carbonyl (C=O) groups is 1. The Morgan fingerprint density at radius 3 is 2.57 bits per heavy atom. The lowest BCUT2D eigenvalue weighted by molar-refractivity contribution is -0.123. The first kappa shape index (κ1) is 14.5. The monoisotopic (exact) mass is 281 g/mol. The van der Waals surface area contributed by atoms with Crippen LogP contribution in [0.25, 0.3) is 0 Å². The van der Waals surface area contributed by atoms with Gasteiger partial charge in [0.05, 0.1) is 17.7 Å². The van der Waals surface area contributed by atoms with E-state index in [0.29, 0.717) is 11.3 Å². The summed E-state index contributed by atoms with van der Waals surface area (Å²) < 4.78 is 5.37. The Balaban J connectivity index is 1.83. The third-order valence-electron chi connectivity index (χ3n) is 2.94. The third kappa shape index (κ3) is 4.32. The summed E-state index contributed by atoms with van der Waals surface area (Å²) in [6.07, 6.45) is 3.37. The molecular weight excluding hydrogens is 266 g/mol. The van der Waals surface area contributed by atoms with Crippen molar-refractivity contribution in [2.75, 3.05) is 6.61 Å². The van der Waals surface area contributed by atoms with Gasteiger partial charge in [-0.3, -0.25) is 9.78 Å². The van der Waals surface area contributed by atoms with Gasteiger partial charge in [-0.05, 0) is 48.9 Å². The second kappa shape index (κ2) is 7.06. The van der Waals surface area contributed by atoms with E-state index in [4.69, 9.17) is 10.00 Å². The Morgan fingerprint density at radius 2 is 1.95 bits per heavy atom. The number of nitrogens with one attached hydrogen (secondary N) is 1. The van der Waals surface area contributed by atoms with E-state index in [0.717, 1.165) is 5.56 Å². The number of hydrogen-bond acceptors (Lipinski definition) is 4. The molecule has 0 saturated heterocycles. The molecule has 0 radical (unpaired) electrons. The molecule has 2 rings (SSSR count). The van der Waals surface area contributed by atoms with E-state index in [1.807, 2.05) is 25.1 Å². The van der Waals surface area contributed by atoms with E-state index in [1.54, 1.807) is 36.7 Å². The van der Waals surface area contributed by atoms with Gasteiger partial charge in [0.15, 0.2) is 6.61 Å². The number of nitrogens with zero attached hydrogens (tertiary/aromatic N) is 2. The topological polar surface area (TPSA) is 75.0 Å². The zero-order chi connectivity index (χ0) is 15.1. The highest BCUT2D eigenvalue weighted by Crippen LogP contribution is 2.12. The van der Waals surface area contributed by atoms with Gasteiger partial charge in [-0.2, -0.15) is 5.26 Å². The molecule has 5 heteroatoms. The molecule has 1 aromatic heterocycles. The van der Waals surface area contributed by atoms with Crippen LogP contribution < -0.4 is 10.1 Å². The molecule has 1 heterocycles. The average Bonchev–Trinajstić information content (AvgIpc) is 2.54. The van der Waals surface area contributed by atoms with E-state index in [2.05, 4.69) is 10.3 Å². The van der Waals surface area contributed by atoms with Crippen molar-refractivity contribution in [3.05, 3.63) is 59.9 Å².